The third-order valence-corrected chi connectivity index (χ3v) is 6.24. The van der Waals surface area contributed by atoms with Gasteiger partial charge in [-0.15, -0.1) is 13.2 Å². The first-order valence-electron chi connectivity index (χ1n) is 11.9. The van der Waals surface area contributed by atoms with Crippen molar-refractivity contribution in [1.29, 1.82) is 0 Å². The van der Waals surface area contributed by atoms with Crippen molar-refractivity contribution in [3.05, 3.63) is 83.2 Å². The van der Waals surface area contributed by atoms with E-state index < -0.39 is 35.8 Å². The molecule has 0 unspecified atom stereocenters. The second-order valence-corrected chi connectivity index (χ2v) is 9.24. The van der Waals surface area contributed by atoms with Crippen molar-refractivity contribution in [2.24, 2.45) is 5.92 Å². The van der Waals surface area contributed by atoms with Gasteiger partial charge >= 0.3 is 12.3 Å². The molecule has 204 valence electrons. The van der Waals surface area contributed by atoms with E-state index in [-0.39, 0.29) is 35.2 Å². The fourth-order valence-electron chi connectivity index (χ4n) is 4.43. The van der Waals surface area contributed by atoms with Gasteiger partial charge in [0.05, 0.1) is 7.11 Å². The lowest BCUT2D eigenvalue weighted by molar-refractivity contribution is -0.274. The average Bonchev–Trinajstić information content (AvgIpc) is 3.18. The van der Waals surface area contributed by atoms with Crippen LogP contribution in [0.1, 0.15) is 40.1 Å². The Labute approximate surface area is 221 Å². The van der Waals surface area contributed by atoms with Crippen molar-refractivity contribution >= 4 is 23.5 Å². The molecule has 3 aromatic rings. The summed E-state index contributed by atoms with van der Waals surface area (Å²) < 4.78 is 60.7. The van der Waals surface area contributed by atoms with Gasteiger partial charge in [0.2, 0.25) is 0 Å². The Kier molecular flexibility index (Phi) is 7.62. The molecule has 0 radical (unpaired) electrons. The lowest BCUT2D eigenvalue weighted by Gasteiger charge is -2.28. The molecule has 0 aliphatic carbocycles. The summed E-state index contributed by atoms with van der Waals surface area (Å²) in [6, 6.07) is 12.5. The SMILES string of the molecule is COC(=O)[C@H](C(C)C)N1Cc2ccc(-c3ccc(NC(=O)c4ccc(OC(F)(F)F)cc4)cc3F)cc2C1=O. The van der Waals surface area contributed by atoms with Gasteiger partial charge in [0.15, 0.2) is 0 Å². The average molecular weight is 545 g/mol. The van der Waals surface area contributed by atoms with Gasteiger partial charge in [0, 0.05) is 28.9 Å². The van der Waals surface area contributed by atoms with Crippen LogP contribution >= 0.6 is 0 Å². The molecule has 3 aromatic carbocycles. The Hall–Kier alpha value is -4.41. The summed E-state index contributed by atoms with van der Waals surface area (Å²) in [5, 5.41) is 2.49. The maximum absolute atomic E-state index is 15.1. The quantitative estimate of drug-likeness (QED) is 0.300. The van der Waals surface area contributed by atoms with Crippen molar-refractivity contribution in [2.45, 2.75) is 32.8 Å². The Morgan fingerprint density at radius 3 is 2.26 bits per heavy atom. The number of rotatable bonds is 7. The largest absolute Gasteiger partial charge is 0.573 e. The van der Waals surface area contributed by atoms with Crippen LogP contribution in [0.25, 0.3) is 11.1 Å². The maximum Gasteiger partial charge on any atom is 0.573 e. The number of hydrogen-bond donors (Lipinski definition) is 1. The highest BCUT2D eigenvalue weighted by atomic mass is 19.4. The molecule has 0 spiro atoms. The summed E-state index contributed by atoms with van der Waals surface area (Å²) in [6.45, 7) is 3.86. The zero-order valence-electron chi connectivity index (χ0n) is 21.1. The Bertz CT molecular complexity index is 1420. The van der Waals surface area contributed by atoms with E-state index in [0.29, 0.717) is 16.7 Å². The number of hydrogen-bond acceptors (Lipinski definition) is 5. The summed E-state index contributed by atoms with van der Waals surface area (Å²) in [7, 11) is 1.27. The number of alkyl halides is 3. The summed E-state index contributed by atoms with van der Waals surface area (Å²) >= 11 is 0. The van der Waals surface area contributed by atoms with Crippen molar-refractivity contribution in [3.8, 4) is 16.9 Å². The Balaban J connectivity index is 1.50. The van der Waals surface area contributed by atoms with Crippen LogP contribution in [0.2, 0.25) is 0 Å². The predicted molar refractivity (Wildman–Crippen MR) is 133 cm³/mol. The van der Waals surface area contributed by atoms with Crippen LogP contribution in [0, 0.1) is 11.7 Å². The molecule has 0 bridgehead atoms. The number of anilines is 1. The van der Waals surface area contributed by atoms with Crippen molar-refractivity contribution < 1.29 is 41.4 Å². The molecule has 11 heteroatoms. The molecule has 4 rings (SSSR count). The highest BCUT2D eigenvalue weighted by Crippen LogP contribution is 2.33. The van der Waals surface area contributed by atoms with Gasteiger partial charge in [-0.2, -0.15) is 0 Å². The minimum absolute atomic E-state index is 0.0438. The zero-order chi connectivity index (χ0) is 28.5. The highest BCUT2D eigenvalue weighted by molar-refractivity contribution is 6.04. The van der Waals surface area contributed by atoms with Gasteiger partial charge in [0.25, 0.3) is 11.8 Å². The van der Waals surface area contributed by atoms with Crippen LogP contribution in [-0.2, 0) is 16.1 Å². The molecule has 1 atom stereocenters. The summed E-state index contributed by atoms with van der Waals surface area (Å²) in [4.78, 5) is 39.4. The van der Waals surface area contributed by atoms with Crippen LogP contribution in [0.3, 0.4) is 0 Å². The van der Waals surface area contributed by atoms with Gasteiger partial charge in [-0.25, -0.2) is 9.18 Å². The smallest absolute Gasteiger partial charge is 0.467 e. The number of amides is 2. The summed E-state index contributed by atoms with van der Waals surface area (Å²) in [6.07, 6.45) is -4.85. The molecule has 1 N–H and O–H groups in total. The van der Waals surface area contributed by atoms with Gasteiger partial charge in [-0.1, -0.05) is 26.0 Å². The molecule has 1 aliphatic heterocycles. The van der Waals surface area contributed by atoms with Crippen LogP contribution in [-0.4, -0.2) is 42.2 Å². The Morgan fingerprint density at radius 2 is 1.67 bits per heavy atom. The molecule has 7 nitrogen and oxygen atoms in total. The molecule has 0 fully saturated rings. The number of carbonyl (C=O) groups is 3. The van der Waals surface area contributed by atoms with Gasteiger partial charge in [-0.3, -0.25) is 9.59 Å². The van der Waals surface area contributed by atoms with Crippen LogP contribution < -0.4 is 10.1 Å². The molecular weight excluding hydrogens is 520 g/mol. The molecule has 39 heavy (non-hydrogen) atoms. The highest BCUT2D eigenvalue weighted by Gasteiger charge is 2.39. The second-order valence-electron chi connectivity index (χ2n) is 9.24. The topological polar surface area (TPSA) is 84.9 Å². The fraction of sp³-hybridized carbons (Fsp3) is 0.250. The number of benzene rings is 3. The van der Waals surface area contributed by atoms with Gasteiger partial charge in [0.1, 0.15) is 17.6 Å². The van der Waals surface area contributed by atoms with Gasteiger partial charge in [-0.05, 0) is 65.6 Å². The zero-order valence-corrected chi connectivity index (χ0v) is 21.1. The molecule has 0 saturated carbocycles. The van der Waals surface area contributed by atoms with E-state index >= 15 is 4.39 Å². The lowest BCUT2D eigenvalue weighted by Crippen LogP contribution is -2.45. The van der Waals surface area contributed by atoms with Crippen molar-refractivity contribution in [2.75, 3.05) is 12.4 Å². The number of nitrogens with zero attached hydrogens (tertiary/aromatic N) is 1. The molecule has 1 heterocycles. The normalized spacial score (nSPS) is 13.7. The van der Waals surface area contributed by atoms with Crippen LogP contribution in [0.5, 0.6) is 5.75 Å². The van der Waals surface area contributed by atoms with E-state index in [0.717, 1.165) is 30.3 Å². The Morgan fingerprint density at radius 1 is 0.974 bits per heavy atom. The second kappa shape index (κ2) is 10.8. The third-order valence-electron chi connectivity index (χ3n) is 6.24. The van der Waals surface area contributed by atoms with E-state index in [1.807, 2.05) is 13.8 Å². The van der Waals surface area contributed by atoms with E-state index in [2.05, 4.69) is 10.1 Å². The van der Waals surface area contributed by atoms with Crippen LogP contribution in [0.15, 0.2) is 60.7 Å². The number of ether oxygens (including phenoxy) is 2. The number of esters is 1. The van der Waals surface area contributed by atoms with E-state index in [4.69, 9.17) is 4.74 Å². The molecule has 0 saturated heterocycles. The minimum Gasteiger partial charge on any atom is -0.467 e. The number of nitrogens with one attached hydrogen (secondary N) is 1. The monoisotopic (exact) mass is 544 g/mol. The molecule has 1 aliphatic rings. The van der Waals surface area contributed by atoms with E-state index in [1.54, 1.807) is 18.2 Å². The fourth-order valence-corrected chi connectivity index (χ4v) is 4.43. The first-order valence-corrected chi connectivity index (χ1v) is 11.9. The number of halogens is 4. The molecule has 0 aromatic heterocycles. The third kappa shape index (κ3) is 6.02. The van der Waals surface area contributed by atoms with Crippen molar-refractivity contribution in [3.63, 3.8) is 0 Å². The summed E-state index contributed by atoms with van der Waals surface area (Å²) in [5.41, 5.74) is 1.84. The van der Waals surface area contributed by atoms with E-state index in [1.165, 1.54) is 24.1 Å². The molecular formula is C28H24F4N2O5. The molecule has 2 amide bonds. The lowest BCUT2D eigenvalue weighted by atomic mass is 9.99. The van der Waals surface area contributed by atoms with Crippen molar-refractivity contribution in [1.82, 2.24) is 4.90 Å². The summed E-state index contributed by atoms with van der Waals surface area (Å²) in [5.74, 6) is -2.85. The number of methoxy groups -OCH3 is 1. The number of fused-ring (bicyclic) bond motifs is 1. The standard InChI is InChI=1S/C28H24F4N2O5/c1-15(2)24(27(37)38-3)34-14-18-5-4-17(12-22(18)26(34)36)21-11-8-19(13-23(21)29)33-25(35)16-6-9-20(10-7-16)39-28(30,31)32/h4-13,15,24H,14H2,1-3H3,(H,33,35)/t24-/m0/s1. The van der Waals surface area contributed by atoms with Crippen LogP contribution in [0.4, 0.5) is 23.2 Å². The van der Waals surface area contributed by atoms with E-state index in [9.17, 15) is 27.6 Å². The number of carbonyl (C=O) groups excluding carboxylic acids is 3. The first kappa shape index (κ1) is 27.6. The maximum atomic E-state index is 15.1. The van der Waals surface area contributed by atoms with Gasteiger partial charge < -0.3 is 19.7 Å². The predicted octanol–water partition coefficient (Wildman–Crippen LogP) is 5.80. The first-order chi connectivity index (χ1) is 18.4. The minimum atomic E-state index is -4.85.